The van der Waals surface area contributed by atoms with Crippen LogP contribution in [0.1, 0.15) is 39.7 Å². The van der Waals surface area contributed by atoms with Gasteiger partial charge in [-0.05, 0) is 57.9 Å². The maximum Gasteiger partial charge on any atom is 0.410 e. The molecule has 28 heavy (non-hydrogen) atoms. The third-order valence-corrected chi connectivity index (χ3v) is 5.53. The Hall–Kier alpha value is -2.57. The molecule has 1 aliphatic carbocycles. The van der Waals surface area contributed by atoms with Crippen molar-refractivity contribution < 1.29 is 18.7 Å². The van der Waals surface area contributed by atoms with Crippen LogP contribution in [-0.2, 0) is 4.74 Å². The SMILES string of the molecule is COc1ccc(-c2ccn(C3CC4CC3CN4C(=O)OC(C)(C)C)n2)cc1F. The molecule has 2 aromatic rings. The Morgan fingerprint density at radius 2 is 2.04 bits per heavy atom. The van der Waals surface area contributed by atoms with Gasteiger partial charge in [0, 0.05) is 30.3 Å². The fourth-order valence-corrected chi connectivity index (χ4v) is 4.30. The molecule has 0 spiro atoms. The molecule has 7 heteroatoms. The van der Waals surface area contributed by atoms with E-state index in [-0.39, 0.29) is 23.9 Å². The van der Waals surface area contributed by atoms with Gasteiger partial charge in [-0.2, -0.15) is 5.10 Å². The normalized spacial score (nSPS) is 23.9. The lowest BCUT2D eigenvalue weighted by molar-refractivity contribution is 0.0162. The number of fused-ring (bicyclic) bond motifs is 2. The summed E-state index contributed by atoms with van der Waals surface area (Å²) in [4.78, 5) is 14.3. The van der Waals surface area contributed by atoms with Crippen molar-refractivity contribution in [1.29, 1.82) is 0 Å². The van der Waals surface area contributed by atoms with E-state index >= 15 is 0 Å². The molecular formula is C21H26FN3O3. The Morgan fingerprint density at radius 3 is 2.64 bits per heavy atom. The number of rotatable bonds is 3. The number of benzene rings is 1. The Bertz CT molecular complexity index is 889. The highest BCUT2D eigenvalue weighted by Gasteiger charge is 2.48. The second kappa shape index (κ2) is 6.79. The summed E-state index contributed by atoms with van der Waals surface area (Å²) in [6.07, 6.45) is 3.55. The number of halogens is 1. The van der Waals surface area contributed by atoms with Crippen LogP contribution in [0, 0.1) is 11.7 Å². The molecular weight excluding hydrogens is 361 g/mol. The number of amides is 1. The highest BCUT2D eigenvalue weighted by Crippen LogP contribution is 2.45. The molecule has 0 N–H and O–H groups in total. The minimum absolute atomic E-state index is 0.191. The molecule has 1 saturated heterocycles. The van der Waals surface area contributed by atoms with E-state index in [1.807, 2.05) is 42.6 Å². The van der Waals surface area contributed by atoms with Crippen molar-refractivity contribution >= 4 is 6.09 Å². The van der Waals surface area contributed by atoms with Crippen molar-refractivity contribution in [3.05, 3.63) is 36.3 Å². The molecule has 1 saturated carbocycles. The molecule has 150 valence electrons. The van der Waals surface area contributed by atoms with Gasteiger partial charge in [0.2, 0.25) is 0 Å². The lowest BCUT2D eigenvalue weighted by Crippen LogP contribution is -2.43. The second-order valence-corrected chi connectivity index (χ2v) is 8.62. The van der Waals surface area contributed by atoms with Crippen LogP contribution in [0.3, 0.4) is 0 Å². The van der Waals surface area contributed by atoms with Crippen LogP contribution in [-0.4, -0.2) is 46.1 Å². The number of piperidine rings is 1. The maximum absolute atomic E-state index is 14.0. The summed E-state index contributed by atoms with van der Waals surface area (Å²) < 4.78 is 26.5. The molecule has 2 heterocycles. The zero-order valence-corrected chi connectivity index (χ0v) is 16.7. The van der Waals surface area contributed by atoms with Gasteiger partial charge in [0.15, 0.2) is 11.6 Å². The summed E-state index contributed by atoms with van der Waals surface area (Å²) in [6, 6.07) is 7.20. The molecule has 0 radical (unpaired) electrons. The Morgan fingerprint density at radius 1 is 1.25 bits per heavy atom. The van der Waals surface area contributed by atoms with E-state index in [1.165, 1.54) is 13.2 Å². The summed E-state index contributed by atoms with van der Waals surface area (Å²) in [5, 5.41) is 4.68. The molecule has 1 amide bonds. The number of likely N-dealkylation sites (tertiary alicyclic amines) is 1. The number of methoxy groups -OCH3 is 1. The summed E-state index contributed by atoms with van der Waals surface area (Å²) in [6.45, 7) is 6.34. The van der Waals surface area contributed by atoms with Gasteiger partial charge in [0.1, 0.15) is 5.60 Å². The zero-order valence-electron chi connectivity index (χ0n) is 16.7. The van der Waals surface area contributed by atoms with Crippen molar-refractivity contribution in [2.45, 2.75) is 51.3 Å². The van der Waals surface area contributed by atoms with Crippen LogP contribution in [0.15, 0.2) is 30.5 Å². The third kappa shape index (κ3) is 3.45. The van der Waals surface area contributed by atoms with Crippen LogP contribution in [0.4, 0.5) is 9.18 Å². The standard InChI is InChI=1S/C21H26FN3O3/c1-21(2,3)28-20(26)24-12-14-9-15(24)11-18(14)25-8-7-17(23-25)13-5-6-19(27-4)16(22)10-13/h5-8,10,14-15,18H,9,11-12H2,1-4H3. The molecule has 3 unspecified atom stereocenters. The van der Waals surface area contributed by atoms with Gasteiger partial charge in [-0.15, -0.1) is 0 Å². The number of carbonyl (C=O) groups excluding carboxylic acids is 1. The largest absolute Gasteiger partial charge is 0.494 e. The first-order valence-corrected chi connectivity index (χ1v) is 9.64. The van der Waals surface area contributed by atoms with Crippen LogP contribution in [0.5, 0.6) is 5.75 Å². The summed E-state index contributed by atoms with van der Waals surface area (Å²) in [5.74, 6) is 0.180. The van der Waals surface area contributed by atoms with Crippen molar-refractivity contribution in [1.82, 2.24) is 14.7 Å². The van der Waals surface area contributed by atoms with Gasteiger partial charge in [-0.1, -0.05) is 0 Å². The number of carbonyl (C=O) groups is 1. The van der Waals surface area contributed by atoms with Crippen LogP contribution in [0.25, 0.3) is 11.3 Å². The first kappa shape index (κ1) is 18.8. The van der Waals surface area contributed by atoms with Crippen LogP contribution in [0.2, 0.25) is 0 Å². The molecule has 1 aromatic heterocycles. The van der Waals surface area contributed by atoms with Gasteiger partial charge in [0.25, 0.3) is 0 Å². The Kier molecular flexibility index (Phi) is 4.56. The topological polar surface area (TPSA) is 56.6 Å². The average Bonchev–Trinajstić information content (AvgIpc) is 3.35. The van der Waals surface area contributed by atoms with Crippen molar-refractivity contribution in [2.75, 3.05) is 13.7 Å². The number of ether oxygens (including phenoxy) is 2. The van der Waals surface area contributed by atoms with E-state index in [0.29, 0.717) is 12.5 Å². The number of hydrogen-bond donors (Lipinski definition) is 0. The molecule has 6 nitrogen and oxygen atoms in total. The minimum atomic E-state index is -0.483. The quantitative estimate of drug-likeness (QED) is 0.789. The fraction of sp³-hybridized carbons (Fsp3) is 0.524. The Balaban J connectivity index is 1.46. The lowest BCUT2D eigenvalue weighted by Gasteiger charge is -2.33. The highest BCUT2D eigenvalue weighted by atomic mass is 19.1. The van der Waals surface area contributed by atoms with Gasteiger partial charge < -0.3 is 14.4 Å². The van der Waals surface area contributed by atoms with Gasteiger partial charge in [-0.25, -0.2) is 9.18 Å². The molecule has 2 fully saturated rings. The van der Waals surface area contributed by atoms with E-state index in [9.17, 15) is 9.18 Å². The molecule has 1 aliphatic heterocycles. The first-order valence-electron chi connectivity index (χ1n) is 9.64. The van der Waals surface area contributed by atoms with E-state index < -0.39 is 11.4 Å². The first-order chi connectivity index (χ1) is 13.2. The third-order valence-electron chi connectivity index (χ3n) is 5.53. The minimum Gasteiger partial charge on any atom is -0.494 e. The molecule has 3 atom stereocenters. The van der Waals surface area contributed by atoms with Crippen molar-refractivity contribution in [3.8, 4) is 17.0 Å². The summed E-state index contributed by atoms with van der Waals surface area (Å²) in [7, 11) is 1.45. The predicted octanol–water partition coefficient (Wildman–Crippen LogP) is 4.27. The van der Waals surface area contributed by atoms with E-state index in [4.69, 9.17) is 9.47 Å². The number of hydrogen-bond acceptors (Lipinski definition) is 4. The van der Waals surface area contributed by atoms with Crippen molar-refractivity contribution in [3.63, 3.8) is 0 Å². The van der Waals surface area contributed by atoms with Gasteiger partial charge >= 0.3 is 6.09 Å². The molecule has 1 aromatic carbocycles. The van der Waals surface area contributed by atoms with Crippen molar-refractivity contribution in [2.24, 2.45) is 5.92 Å². The molecule has 2 bridgehead atoms. The lowest BCUT2D eigenvalue weighted by atomic mass is 10.0. The number of aromatic nitrogens is 2. The Labute approximate surface area is 164 Å². The smallest absolute Gasteiger partial charge is 0.410 e. The fourth-order valence-electron chi connectivity index (χ4n) is 4.30. The molecule has 4 rings (SSSR count). The van der Waals surface area contributed by atoms with Crippen LogP contribution >= 0.6 is 0 Å². The maximum atomic E-state index is 14.0. The van der Waals surface area contributed by atoms with E-state index in [0.717, 1.165) is 24.1 Å². The van der Waals surface area contributed by atoms with Gasteiger partial charge in [-0.3, -0.25) is 4.68 Å². The monoisotopic (exact) mass is 387 g/mol. The highest BCUT2D eigenvalue weighted by molar-refractivity contribution is 5.69. The summed E-state index contributed by atoms with van der Waals surface area (Å²) in [5.41, 5.74) is 0.965. The van der Waals surface area contributed by atoms with E-state index in [1.54, 1.807) is 12.1 Å². The summed E-state index contributed by atoms with van der Waals surface area (Å²) >= 11 is 0. The zero-order chi connectivity index (χ0) is 20.1. The van der Waals surface area contributed by atoms with Crippen LogP contribution < -0.4 is 4.74 Å². The average molecular weight is 387 g/mol. The number of nitrogens with zero attached hydrogens (tertiary/aromatic N) is 3. The molecule has 2 aliphatic rings. The van der Waals surface area contributed by atoms with E-state index in [2.05, 4.69) is 5.10 Å². The van der Waals surface area contributed by atoms with Gasteiger partial charge in [0.05, 0.1) is 18.8 Å². The predicted molar refractivity (Wildman–Crippen MR) is 103 cm³/mol. The second-order valence-electron chi connectivity index (χ2n) is 8.62.